The highest BCUT2D eigenvalue weighted by molar-refractivity contribution is 7.91. The highest BCUT2D eigenvalue weighted by Gasteiger charge is 2.40. The van der Waals surface area contributed by atoms with Gasteiger partial charge in [-0.25, -0.2) is 8.42 Å². The standard InChI is InChI=1S/C7H14O4S/c1-2-11-5-7(8)3-4-12(9,10)6-7/h8H,2-6H2,1H3. The van der Waals surface area contributed by atoms with E-state index in [1.165, 1.54) is 0 Å². The van der Waals surface area contributed by atoms with E-state index in [2.05, 4.69) is 0 Å². The molecule has 1 atom stereocenters. The summed E-state index contributed by atoms with van der Waals surface area (Å²) < 4.78 is 27.0. The third kappa shape index (κ3) is 2.43. The lowest BCUT2D eigenvalue weighted by Crippen LogP contribution is -2.35. The molecule has 0 bridgehead atoms. The van der Waals surface area contributed by atoms with E-state index in [0.717, 1.165) is 0 Å². The number of aliphatic hydroxyl groups is 1. The normalized spacial score (nSPS) is 33.8. The van der Waals surface area contributed by atoms with Crippen LogP contribution in [0.5, 0.6) is 0 Å². The zero-order valence-corrected chi connectivity index (χ0v) is 7.93. The van der Waals surface area contributed by atoms with Gasteiger partial charge in [-0.05, 0) is 13.3 Å². The van der Waals surface area contributed by atoms with Crippen LogP contribution in [0.1, 0.15) is 13.3 Å². The molecule has 1 heterocycles. The van der Waals surface area contributed by atoms with Gasteiger partial charge in [-0.2, -0.15) is 0 Å². The second-order valence-electron chi connectivity index (χ2n) is 3.20. The van der Waals surface area contributed by atoms with E-state index in [0.29, 0.717) is 13.0 Å². The molecule has 1 unspecified atom stereocenters. The van der Waals surface area contributed by atoms with Gasteiger partial charge in [0.15, 0.2) is 9.84 Å². The molecule has 0 spiro atoms. The summed E-state index contributed by atoms with van der Waals surface area (Å²) in [6.45, 7) is 2.44. The van der Waals surface area contributed by atoms with Crippen LogP contribution in [0.15, 0.2) is 0 Å². The molecule has 0 aromatic heterocycles. The molecule has 12 heavy (non-hydrogen) atoms. The van der Waals surface area contributed by atoms with Crippen LogP contribution < -0.4 is 0 Å². The fourth-order valence-electron chi connectivity index (χ4n) is 1.31. The summed E-state index contributed by atoms with van der Waals surface area (Å²) in [4.78, 5) is 0. The van der Waals surface area contributed by atoms with Crippen molar-refractivity contribution in [2.24, 2.45) is 0 Å². The molecule has 0 aromatic carbocycles. The van der Waals surface area contributed by atoms with Gasteiger partial charge in [-0.15, -0.1) is 0 Å². The lowest BCUT2D eigenvalue weighted by atomic mass is 10.1. The highest BCUT2D eigenvalue weighted by Crippen LogP contribution is 2.23. The third-order valence-corrected chi connectivity index (χ3v) is 3.75. The van der Waals surface area contributed by atoms with E-state index in [4.69, 9.17) is 4.74 Å². The Kier molecular flexibility index (Phi) is 2.75. The van der Waals surface area contributed by atoms with Gasteiger partial charge in [0, 0.05) is 6.61 Å². The van der Waals surface area contributed by atoms with Crippen LogP contribution >= 0.6 is 0 Å². The molecule has 1 rings (SSSR count). The zero-order chi connectivity index (χ0) is 9.24. The Labute approximate surface area is 72.5 Å². The van der Waals surface area contributed by atoms with Crippen molar-refractivity contribution in [3.05, 3.63) is 0 Å². The Morgan fingerprint density at radius 1 is 1.58 bits per heavy atom. The molecule has 1 N–H and O–H groups in total. The predicted octanol–water partition coefficient (Wildman–Crippen LogP) is -0.427. The number of hydrogen-bond acceptors (Lipinski definition) is 4. The second kappa shape index (κ2) is 3.32. The van der Waals surface area contributed by atoms with Gasteiger partial charge in [-0.1, -0.05) is 0 Å². The molecule has 5 heteroatoms. The molecule has 0 aromatic rings. The maximum Gasteiger partial charge on any atom is 0.153 e. The molecule has 1 saturated heterocycles. The van der Waals surface area contributed by atoms with Gasteiger partial charge in [0.25, 0.3) is 0 Å². The molecule has 72 valence electrons. The van der Waals surface area contributed by atoms with Gasteiger partial charge in [0.1, 0.15) is 5.60 Å². The Balaban J connectivity index is 2.53. The average molecular weight is 194 g/mol. The molecule has 1 aliphatic rings. The minimum absolute atomic E-state index is 0.0799. The predicted molar refractivity (Wildman–Crippen MR) is 44.7 cm³/mol. The number of sulfone groups is 1. The molecule has 4 nitrogen and oxygen atoms in total. The van der Waals surface area contributed by atoms with Crippen LogP contribution in [0.3, 0.4) is 0 Å². The van der Waals surface area contributed by atoms with E-state index >= 15 is 0 Å². The Hall–Kier alpha value is -0.130. The topological polar surface area (TPSA) is 63.6 Å². The minimum Gasteiger partial charge on any atom is -0.386 e. The zero-order valence-electron chi connectivity index (χ0n) is 7.12. The van der Waals surface area contributed by atoms with Crippen LogP contribution in [0.2, 0.25) is 0 Å². The summed E-state index contributed by atoms with van der Waals surface area (Å²) in [7, 11) is -3.01. The van der Waals surface area contributed by atoms with E-state index in [1.807, 2.05) is 6.92 Å². The maximum atomic E-state index is 11.0. The molecule has 0 amide bonds. The van der Waals surface area contributed by atoms with Crippen molar-refractivity contribution in [2.75, 3.05) is 24.7 Å². The van der Waals surface area contributed by atoms with E-state index in [1.54, 1.807) is 0 Å². The van der Waals surface area contributed by atoms with Crippen LogP contribution in [0.4, 0.5) is 0 Å². The summed E-state index contributed by atoms with van der Waals surface area (Å²) in [5, 5.41) is 9.65. The minimum atomic E-state index is -3.01. The highest BCUT2D eigenvalue weighted by atomic mass is 32.2. The van der Waals surface area contributed by atoms with Crippen LogP contribution in [0, 0.1) is 0 Å². The van der Waals surface area contributed by atoms with Crippen LogP contribution in [-0.2, 0) is 14.6 Å². The van der Waals surface area contributed by atoms with Crippen molar-refractivity contribution >= 4 is 9.84 Å². The number of hydrogen-bond donors (Lipinski definition) is 1. The van der Waals surface area contributed by atoms with Crippen molar-refractivity contribution in [1.29, 1.82) is 0 Å². The first-order valence-electron chi connectivity index (χ1n) is 3.98. The monoisotopic (exact) mass is 194 g/mol. The van der Waals surface area contributed by atoms with Gasteiger partial charge in [-0.3, -0.25) is 0 Å². The quantitative estimate of drug-likeness (QED) is 0.662. The van der Waals surface area contributed by atoms with Gasteiger partial charge in [0.2, 0.25) is 0 Å². The van der Waals surface area contributed by atoms with Gasteiger partial charge in [0.05, 0.1) is 18.1 Å². The van der Waals surface area contributed by atoms with E-state index in [-0.39, 0.29) is 18.1 Å². The second-order valence-corrected chi connectivity index (χ2v) is 5.39. The van der Waals surface area contributed by atoms with Crippen molar-refractivity contribution in [3.8, 4) is 0 Å². The Morgan fingerprint density at radius 2 is 2.25 bits per heavy atom. The largest absolute Gasteiger partial charge is 0.386 e. The van der Waals surface area contributed by atoms with Crippen molar-refractivity contribution < 1.29 is 18.3 Å². The molecule has 1 aliphatic heterocycles. The lowest BCUT2D eigenvalue weighted by molar-refractivity contribution is -0.0246. The van der Waals surface area contributed by atoms with Crippen molar-refractivity contribution in [2.45, 2.75) is 18.9 Å². The molecular weight excluding hydrogens is 180 g/mol. The van der Waals surface area contributed by atoms with Crippen LogP contribution in [0.25, 0.3) is 0 Å². The average Bonchev–Trinajstić information content (AvgIpc) is 2.23. The number of ether oxygens (including phenoxy) is 1. The first kappa shape index (κ1) is 9.95. The molecular formula is C7H14O4S. The Morgan fingerprint density at radius 3 is 2.67 bits per heavy atom. The smallest absolute Gasteiger partial charge is 0.153 e. The molecule has 0 radical (unpaired) electrons. The summed E-state index contributed by atoms with van der Waals surface area (Å²) in [5.41, 5.74) is -1.13. The molecule has 0 aliphatic carbocycles. The summed E-state index contributed by atoms with van der Waals surface area (Å²) in [5.74, 6) is -0.0728. The first-order valence-corrected chi connectivity index (χ1v) is 5.80. The first-order chi connectivity index (χ1) is 5.47. The summed E-state index contributed by atoms with van der Waals surface area (Å²) >= 11 is 0. The number of rotatable bonds is 3. The maximum absolute atomic E-state index is 11.0. The summed E-state index contributed by atoms with van der Waals surface area (Å²) in [6.07, 6.45) is 0.301. The fourth-order valence-corrected chi connectivity index (χ4v) is 3.19. The van der Waals surface area contributed by atoms with Crippen molar-refractivity contribution in [1.82, 2.24) is 0 Å². The lowest BCUT2D eigenvalue weighted by Gasteiger charge is -2.19. The van der Waals surface area contributed by atoms with E-state index in [9.17, 15) is 13.5 Å². The molecule has 1 fully saturated rings. The van der Waals surface area contributed by atoms with Gasteiger partial charge < -0.3 is 9.84 Å². The van der Waals surface area contributed by atoms with E-state index < -0.39 is 15.4 Å². The fraction of sp³-hybridized carbons (Fsp3) is 1.00. The SMILES string of the molecule is CCOCC1(O)CCS(=O)(=O)C1. The van der Waals surface area contributed by atoms with Crippen molar-refractivity contribution in [3.63, 3.8) is 0 Å². The Bertz CT molecular complexity index is 246. The third-order valence-electron chi connectivity index (χ3n) is 1.94. The van der Waals surface area contributed by atoms with Crippen LogP contribution in [-0.4, -0.2) is 43.8 Å². The summed E-state index contributed by atoms with van der Waals surface area (Å²) in [6, 6.07) is 0. The molecule has 0 saturated carbocycles. The van der Waals surface area contributed by atoms with Gasteiger partial charge >= 0.3 is 0 Å².